The van der Waals surface area contributed by atoms with Gasteiger partial charge in [-0.2, -0.15) is 0 Å². The number of ether oxygens (including phenoxy) is 3. The van der Waals surface area contributed by atoms with Crippen molar-refractivity contribution in [2.45, 2.75) is 12.8 Å². The molecule has 0 saturated carbocycles. The summed E-state index contributed by atoms with van der Waals surface area (Å²) < 4.78 is 15.8. The molecule has 0 spiro atoms. The van der Waals surface area contributed by atoms with Crippen molar-refractivity contribution in [2.75, 3.05) is 19.8 Å². The van der Waals surface area contributed by atoms with Gasteiger partial charge in [0.2, 0.25) is 0 Å². The molecule has 0 bridgehead atoms. The number of hydrogen-bond acceptors (Lipinski definition) is 7. The van der Waals surface area contributed by atoms with Crippen molar-refractivity contribution in [2.24, 2.45) is 0 Å². The summed E-state index contributed by atoms with van der Waals surface area (Å²) in [6.45, 7) is 0.533. The number of ketones is 2. The third-order valence-corrected chi connectivity index (χ3v) is 4.49. The first-order chi connectivity index (χ1) is 12.1. The molecule has 0 N–H and O–H groups in total. The Hall–Kier alpha value is -2.67. The molecule has 0 atom stereocenters. The number of carbonyl (C=O) groups excluding carboxylic acids is 3. The summed E-state index contributed by atoms with van der Waals surface area (Å²) in [5.41, 5.74) is 0.381. The van der Waals surface area contributed by atoms with Gasteiger partial charge in [-0.1, -0.05) is 6.07 Å². The molecule has 1 aliphatic heterocycles. The Morgan fingerprint density at radius 3 is 2.56 bits per heavy atom. The standard InChI is InChI=1S/C18H16O6S/c19-13(17-2-1-9-25-17)4-6-18(21)24-11-14(20)12-3-5-15-16(10-12)23-8-7-22-15/h1-3,5,9-10H,4,6-8,11H2. The first-order valence-corrected chi connectivity index (χ1v) is 8.66. The van der Waals surface area contributed by atoms with Crippen LogP contribution in [0.1, 0.15) is 32.9 Å². The van der Waals surface area contributed by atoms with E-state index in [4.69, 9.17) is 14.2 Å². The van der Waals surface area contributed by atoms with E-state index < -0.39 is 5.97 Å². The van der Waals surface area contributed by atoms with E-state index in [0.29, 0.717) is 35.2 Å². The minimum absolute atomic E-state index is 0.0504. The maximum absolute atomic E-state index is 12.1. The minimum atomic E-state index is -0.573. The first-order valence-electron chi connectivity index (χ1n) is 7.78. The van der Waals surface area contributed by atoms with E-state index in [1.54, 1.807) is 35.7 Å². The fourth-order valence-corrected chi connectivity index (χ4v) is 2.99. The van der Waals surface area contributed by atoms with Crippen molar-refractivity contribution in [3.05, 3.63) is 46.2 Å². The quantitative estimate of drug-likeness (QED) is 0.558. The molecule has 6 nitrogen and oxygen atoms in total. The predicted molar refractivity (Wildman–Crippen MR) is 90.6 cm³/mol. The highest BCUT2D eigenvalue weighted by Crippen LogP contribution is 2.30. The van der Waals surface area contributed by atoms with E-state index in [2.05, 4.69) is 0 Å². The van der Waals surface area contributed by atoms with Crippen molar-refractivity contribution in [1.82, 2.24) is 0 Å². The monoisotopic (exact) mass is 360 g/mol. The maximum atomic E-state index is 12.1. The largest absolute Gasteiger partial charge is 0.486 e. The van der Waals surface area contributed by atoms with Gasteiger partial charge >= 0.3 is 5.97 Å². The number of esters is 1. The van der Waals surface area contributed by atoms with Crippen molar-refractivity contribution in [1.29, 1.82) is 0 Å². The number of fused-ring (bicyclic) bond motifs is 1. The van der Waals surface area contributed by atoms with Crippen LogP contribution in [0.25, 0.3) is 0 Å². The average Bonchev–Trinajstić information content (AvgIpc) is 3.18. The van der Waals surface area contributed by atoms with Gasteiger partial charge in [0.25, 0.3) is 0 Å². The Bertz CT molecular complexity index is 781. The first kappa shape index (κ1) is 17.2. The molecule has 7 heteroatoms. The predicted octanol–water partition coefficient (Wildman–Crippen LogP) is 2.91. The van der Waals surface area contributed by atoms with E-state index in [1.807, 2.05) is 0 Å². The van der Waals surface area contributed by atoms with E-state index >= 15 is 0 Å². The van der Waals surface area contributed by atoms with Crippen LogP contribution in [-0.4, -0.2) is 37.4 Å². The Labute approximate surface area is 148 Å². The van der Waals surface area contributed by atoms with Gasteiger partial charge in [0, 0.05) is 12.0 Å². The van der Waals surface area contributed by atoms with Gasteiger partial charge in [0.05, 0.1) is 11.3 Å². The molecule has 1 aromatic carbocycles. The van der Waals surface area contributed by atoms with Crippen LogP contribution < -0.4 is 9.47 Å². The van der Waals surface area contributed by atoms with Crippen LogP contribution in [0.4, 0.5) is 0 Å². The highest BCUT2D eigenvalue weighted by Gasteiger charge is 2.17. The Balaban J connectivity index is 1.47. The minimum Gasteiger partial charge on any atom is -0.486 e. The molecule has 1 aromatic heterocycles. The molecule has 0 radical (unpaired) electrons. The summed E-state index contributed by atoms with van der Waals surface area (Å²) in [5.74, 6) is 0.0766. The van der Waals surface area contributed by atoms with E-state index in [1.165, 1.54) is 11.3 Å². The van der Waals surface area contributed by atoms with Gasteiger partial charge in [-0.3, -0.25) is 14.4 Å². The topological polar surface area (TPSA) is 78.9 Å². The van der Waals surface area contributed by atoms with Gasteiger partial charge in [-0.25, -0.2) is 0 Å². The molecule has 3 rings (SSSR count). The highest BCUT2D eigenvalue weighted by atomic mass is 32.1. The summed E-state index contributed by atoms with van der Waals surface area (Å²) >= 11 is 1.33. The molecule has 0 saturated heterocycles. The Morgan fingerprint density at radius 2 is 1.80 bits per heavy atom. The van der Waals surface area contributed by atoms with Crippen LogP contribution in [0.2, 0.25) is 0 Å². The summed E-state index contributed by atoms with van der Waals surface area (Å²) in [7, 11) is 0. The zero-order valence-corrected chi connectivity index (χ0v) is 14.2. The van der Waals surface area contributed by atoms with E-state index in [-0.39, 0.29) is 31.0 Å². The molecule has 2 aromatic rings. The van der Waals surface area contributed by atoms with Crippen molar-refractivity contribution >= 4 is 28.9 Å². The molecule has 0 unspecified atom stereocenters. The highest BCUT2D eigenvalue weighted by molar-refractivity contribution is 7.12. The Kier molecular flexibility index (Phi) is 5.45. The maximum Gasteiger partial charge on any atom is 0.306 e. The molecular formula is C18H16O6S. The van der Waals surface area contributed by atoms with Crippen molar-refractivity contribution < 1.29 is 28.6 Å². The smallest absolute Gasteiger partial charge is 0.306 e. The lowest BCUT2D eigenvalue weighted by molar-refractivity contribution is -0.142. The molecular weight excluding hydrogens is 344 g/mol. The fourth-order valence-electron chi connectivity index (χ4n) is 2.29. The lowest BCUT2D eigenvalue weighted by Crippen LogP contribution is -2.17. The van der Waals surface area contributed by atoms with Crippen LogP contribution >= 0.6 is 11.3 Å². The third-order valence-electron chi connectivity index (χ3n) is 3.58. The van der Waals surface area contributed by atoms with Gasteiger partial charge < -0.3 is 14.2 Å². The Morgan fingerprint density at radius 1 is 1.00 bits per heavy atom. The summed E-state index contributed by atoms with van der Waals surface area (Å²) in [4.78, 5) is 36.3. The van der Waals surface area contributed by atoms with Crippen LogP contribution in [-0.2, 0) is 9.53 Å². The van der Waals surface area contributed by atoms with Crippen LogP contribution in [0.15, 0.2) is 35.7 Å². The zero-order valence-electron chi connectivity index (χ0n) is 13.4. The number of thiophene rings is 1. The average molecular weight is 360 g/mol. The molecule has 130 valence electrons. The normalized spacial score (nSPS) is 12.5. The van der Waals surface area contributed by atoms with Gasteiger partial charge in [-0.05, 0) is 29.6 Å². The number of rotatable bonds is 7. The molecule has 0 fully saturated rings. The second-order valence-corrected chi connectivity index (χ2v) is 6.29. The fraction of sp³-hybridized carbons (Fsp3) is 0.278. The third kappa shape index (κ3) is 4.45. The van der Waals surface area contributed by atoms with Crippen LogP contribution in [0, 0.1) is 0 Å². The summed E-state index contributed by atoms with van der Waals surface area (Å²) in [6.07, 6.45) is 0.0166. The SMILES string of the molecule is O=C(CCC(=O)c1cccs1)OCC(=O)c1ccc2c(c1)OCCO2. The second kappa shape index (κ2) is 7.94. The number of benzene rings is 1. The molecule has 25 heavy (non-hydrogen) atoms. The van der Waals surface area contributed by atoms with Crippen LogP contribution in [0.3, 0.4) is 0 Å². The van der Waals surface area contributed by atoms with E-state index in [9.17, 15) is 14.4 Å². The van der Waals surface area contributed by atoms with Crippen LogP contribution in [0.5, 0.6) is 11.5 Å². The number of carbonyl (C=O) groups is 3. The number of Topliss-reactive ketones (excluding diaryl/α,β-unsaturated/α-hetero) is 2. The summed E-state index contributed by atoms with van der Waals surface area (Å²) in [5, 5.41) is 1.80. The lowest BCUT2D eigenvalue weighted by atomic mass is 10.1. The number of hydrogen-bond donors (Lipinski definition) is 0. The van der Waals surface area contributed by atoms with E-state index in [0.717, 1.165) is 0 Å². The molecule has 0 aliphatic carbocycles. The molecule has 0 amide bonds. The summed E-state index contributed by atoms with van der Waals surface area (Å²) in [6, 6.07) is 8.32. The van der Waals surface area contributed by atoms with Gasteiger partial charge in [-0.15, -0.1) is 11.3 Å². The molecule has 1 aliphatic rings. The molecule has 2 heterocycles. The van der Waals surface area contributed by atoms with Gasteiger partial charge in [0.15, 0.2) is 29.7 Å². The van der Waals surface area contributed by atoms with Gasteiger partial charge in [0.1, 0.15) is 13.2 Å². The van der Waals surface area contributed by atoms with Crippen molar-refractivity contribution in [3.8, 4) is 11.5 Å². The zero-order chi connectivity index (χ0) is 17.6. The second-order valence-electron chi connectivity index (χ2n) is 5.34. The van der Waals surface area contributed by atoms with Crippen molar-refractivity contribution in [3.63, 3.8) is 0 Å². The lowest BCUT2D eigenvalue weighted by Gasteiger charge is -2.18.